The maximum Gasteiger partial charge on any atom is 0.196 e. The Balaban J connectivity index is 1.86. The number of rotatable bonds is 6. The van der Waals surface area contributed by atoms with Crippen LogP contribution in [0.2, 0.25) is 0 Å². The third-order valence-corrected chi connectivity index (χ3v) is 4.47. The van der Waals surface area contributed by atoms with Crippen LogP contribution in [0, 0.1) is 0 Å². The first-order valence-electron chi connectivity index (χ1n) is 8.62. The molecule has 3 aromatic carbocycles. The van der Waals surface area contributed by atoms with Crippen molar-refractivity contribution in [3.63, 3.8) is 0 Å². The van der Waals surface area contributed by atoms with Crippen LogP contribution in [0.25, 0.3) is 0 Å². The molecular weight excluding hydrogens is 308 g/mol. The predicted molar refractivity (Wildman–Crippen MR) is 101 cm³/mol. The molecule has 0 aliphatic rings. The van der Waals surface area contributed by atoms with E-state index in [0.29, 0.717) is 17.5 Å². The van der Waals surface area contributed by atoms with Crippen LogP contribution in [0.4, 0.5) is 0 Å². The lowest BCUT2D eigenvalue weighted by atomic mass is 9.93. The van der Waals surface area contributed by atoms with Gasteiger partial charge < -0.3 is 5.11 Å². The van der Waals surface area contributed by atoms with E-state index in [1.54, 1.807) is 18.2 Å². The molecule has 0 heterocycles. The normalized spacial score (nSPS) is 11.9. The Morgan fingerprint density at radius 2 is 1.44 bits per heavy atom. The number of hydrogen-bond donors (Lipinski definition) is 1. The molecule has 1 unspecified atom stereocenters. The van der Waals surface area contributed by atoms with Crippen LogP contribution in [0.5, 0.6) is 0 Å². The first kappa shape index (κ1) is 17.1. The van der Waals surface area contributed by atoms with Crippen molar-refractivity contribution in [3.8, 4) is 0 Å². The number of aliphatic hydroxyl groups excluding tert-OH is 1. The topological polar surface area (TPSA) is 37.3 Å². The smallest absolute Gasteiger partial charge is 0.196 e. The van der Waals surface area contributed by atoms with Crippen molar-refractivity contribution in [2.75, 3.05) is 0 Å². The largest absolute Gasteiger partial charge is 0.380 e. The summed E-state index contributed by atoms with van der Waals surface area (Å²) in [5.74, 6) is -0.257. The molecule has 0 aromatic heterocycles. The van der Waals surface area contributed by atoms with E-state index in [2.05, 4.69) is 31.2 Å². The quantitative estimate of drug-likeness (QED) is 0.662. The number of ketones is 1. The zero-order valence-corrected chi connectivity index (χ0v) is 14.4. The maximum atomic E-state index is 12.8. The molecule has 3 aromatic rings. The van der Waals surface area contributed by atoms with Gasteiger partial charge in [0.2, 0.25) is 0 Å². The molecule has 25 heavy (non-hydrogen) atoms. The van der Waals surface area contributed by atoms with Gasteiger partial charge >= 0.3 is 0 Å². The fourth-order valence-corrected chi connectivity index (χ4v) is 2.96. The fourth-order valence-electron chi connectivity index (χ4n) is 2.96. The highest BCUT2D eigenvalue weighted by molar-refractivity contribution is 6.01. The van der Waals surface area contributed by atoms with Gasteiger partial charge in [-0.2, -0.15) is 0 Å². The van der Waals surface area contributed by atoms with Crippen LogP contribution in [-0.2, 0) is 12.8 Å². The van der Waals surface area contributed by atoms with Gasteiger partial charge in [-0.05, 0) is 35.1 Å². The molecule has 0 saturated heterocycles. The summed E-state index contributed by atoms with van der Waals surface area (Å²) in [6.07, 6.45) is 0.552. The van der Waals surface area contributed by atoms with Crippen LogP contribution in [0.3, 0.4) is 0 Å². The third-order valence-electron chi connectivity index (χ3n) is 4.47. The Morgan fingerprint density at radius 1 is 0.840 bits per heavy atom. The molecule has 0 bridgehead atoms. The summed E-state index contributed by atoms with van der Waals surface area (Å²) in [4.78, 5) is 12.8. The number of Topliss-reactive ketones (excluding diaryl/α,β-unsaturated/α-hetero) is 1. The van der Waals surface area contributed by atoms with Crippen molar-refractivity contribution < 1.29 is 9.90 Å². The van der Waals surface area contributed by atoms with Crippen LogP contribution >= 0.6 is 0 Å². The minimum Gasteiger partial charge on any atom is -0.380 e. The van der Waals surface area contributed by atoms with Crippen molar-refractivity contribution in [1.82, 2.24) is 0 Å². The van der Waals surface area contributed by atoms with Crippen LogP contribution in [0.1, 0.15) is 45.6 Å². The van der Waals surface area contributed by atoms with E-state index in [1.807, 2.05) is 36.4 Å². The highest BCUT2D eigenvalue weighted by Gasteiger charge is 2.21. The standard InChI is InChI=1S/C23H22O2/c1-2-17-12-14-18(15-13-17)16-20-10-6-7-11-21(20)23(25)22(24)19-8-4-3-5-9-19/h3-15,22,24H,2,16H2,1H3. The second kappa shape index (κ2) is 7.91. The molecule has 0 aliphatic carbocycles. The van der Waals surface area contributed by atoms with Gasteiger partial charge in [-0.3, -0.25) is 4.79 Å². The lowest BCUT2D eigenvalue weighted by molar-refractivity contribution is 0.0746. The SMILES string of the molecule is CCc1ccc(Cc2ccccc2C(=O)C(O)c2ccccc2)cc1. The fraction of sp³-hybridized carbons (Fsp3) is 0.174. The molecule has 0 radical (unpaired) electrons. The summed E-state index contributed by atoms with van der Waals surface area (Å²) in [5.41, 5.74) is 4.60. The molecule has 126 valence electrons. The number of aliphatic hydroxyl groups is 1. The molecule has 0 aliphatic heterocycles. The second-order valence-corrected chi connectivity index (χ2v) is 6.18. The van der Waals surface area contributed by atoms with Gasteiger partial charge in [-0.1, -0.05) is 85.8 Å². The van der Waals surface area contributed by atoms with Crippen molar-refractivity contribution in [2.24, 2.45) is 0 Å². The highest BCUT2D eigenvalue weighted by Crippen LogP contribution is 2.22. The third kappa shape index (κ3) is 4.04. The lowest BCUT2D eigenvalue weighted by Gasteiger charge is -2.14. The van der Waals surface area contributed by atoms with E-state index in [4.69, 9.17) is 0 Å². The summed E-state index contributed by atoms with van der Waals surface area (Å²) in [6.45, 7) is 2.13. The Morgan fingerprint density at radius 3 is 2.12 bits per heavy atom. The number of aryl methyl sites for hydroxylation is 1. The average Bonchev–Trinajstić information content (AvgIpc) is 2.68. The summed E-state index contributed by atoms with van der Waals surface area (Å²) >= 11 is 0. The van der Waals surface area contributed by atoms with Crippen LogP contribution in [-0.4, -0.2) is 10.9 Å². The van der Waals surface area contributed by atoms with Gasteiger partial charge in [0.05, 0.1) is 0 Å². The van der Waals surface area contributed by atoms with E-state index in [0.717, 1.165) is 17.5 Å². The Labute approximate surface area is 148 Å². The van der Waals surface area contributed by atoms with Crippen molar-refractivity contribution in [2.45, 2.75) is 25.9 Å². The van der Waals surface area contributed by atoms with E-state index >= 15 is 0 Å². The monoisotopic (exact) mass is 330 g/mol. The van der Waals surface area contributed by atoms with E-state index in [9.17, 15) is 9.90 Å². The average molecular weight is 330 g/mol. The summed E-state index contributed by atoms with van der Waals surface area (Å²) in [7, 11) is 0. The zero-order valence-electron chi connectivity index (χ0n) is 14.4. The molecule has 1 atom stereocenters. The van der Waals surface area contributed by atoms with Gasteiger partial charge in [0.1, 0.15) is 6.10 Å². The number of benzene rings is 3. The van der Waals surface area contributed by atoms with Crippen molar-refractivity contribution in [3.05, 3.63) is 107 Å². The minimum atomic E-state index is -1.13. The summed E-state index contributed by atoms with van der Waals surface area (Å²) in [6, 6.07) is 25.1. The number of carbonyl (C=O) groups is 1. The molecule has 0 spiro atoms. The van der Waals surface area contributed by atoms with Crippen LogP contribution < -0.4 is 0 Å². The highest BCUT2D eigenvalue weighted by atomic mass is 16.3. The second-order valence-electron chi connectivity index (χ2n) is 6.18. The van der Waals surface area contributed by atoms with Gasteiger partial charge in [-0.15, -0.1) is 0 Å². The van der Waals surface area contributed by atoms with Crippen LogP contribution in [0.15, 0.2) is 78.9 Å². The van der Waals surface area contributed by atoms with Gasteiger partial charge in [0, 0.05) is 5.56 Å². The van der Waals surface area contributed by atoms with Gasteiger partial charge in [-0.25, -0.2) is 0 Å². The molecule has 2 heteroatoms. The van der Waals surface area contributed by atoms with Gasteiger partial charge in [0.15, 0.2) is 5.78 Å². The zero-order chi connectivity index (χ0) is 17.6. The maximum absolute atomic E-state index is 12.8. The van der Waals surface area contributed by atoms with E-state index in [-0.39, 0.29) is 5.78 Å². The molecule has 3 rings (SSSR count). The summed E-state index contributed by atoms with van der Waals surface area (Å²) in [5, 5.41) is 10.5. The molecule has 0 amide bonds. The molecule has 0 saturated carbocycles. The van der Waals surface area contributed by atoms with Crippen molar-refractivity contribution in [1.29, 1.82) is 0 Å². The minimum absolute atomic E-state index is 0.257. The van der Waals surface area contributed by atoms with E-state index < -0.39 is 6.10 Å². The Bertz CT molecular complexity index is 835. The Kier molecular flexibility index (Phi) is 5.42. The molecular formula is C23H22O2. The first-order chi connectivity index (χ1) is 12.2. The van der Waals surface area contributed by atoms with Crippen molar-refractivity contribution >= 4 is 5.78 Å². The lowest BCUT2D eigenvalue weighted by Crippen LogP contribution is -2.14. The molecule has 0 fully saturated rings. The molecule has 1 N–H and O–H groups in total. The van der Waals surface area contributed by atoms with Gasteiger partial charge in [0.25, 0.3) is 0 Å². The predicted octanol–water partition coefficient (Wildman–Crippen LogP) is 4.76. The molecule has 2 nitrogen and oxygen atoms in total. The number of hydrogen-bond acceptors (Lipinski definition) is 2. The summed E-state index contributed by atoms with van der Waals surface area (Å²) < 4.78 is 0. The Hall–Kier alpha value is -2.71. The first-order valence-corrected chi connectivity index (χ1v) is 8.62. The number of carbonyl (C=O) groups excluding carboxylic acids is 1. The van der Waals surface area contributed by atoms with E-state index in [1.165, 1.54) is 5.56 Å².